The number of fused-ring (bicyclic) bond motifs is 1. The Morgan fingerprint density at radius 3 is 2.59 bits per heavy atom. The van der Waals surface area contributed by atoms with Gasteiger partial charge in [0.05, 0.1) is 29.5 Å². The van der Waals surface area contributed by atoms with Crippen LogP contribution in [0.15, 0.2) is 111 Å². The molecule has 39 heavy (non-hydrogen) atoms. The Balaban J connectivity index is 1.24. The van der Waals surface area contributed by atoms with Crippen molar-refractivity contribution in [1.29, 1.82) is 0 Å². The van der Waals surface area contributed by atoms with E-state index in [1.807, 2.05) is 35.7 Å². The van der Waals surface area contributed by atoms with Gasteiger partial charge in [-0.25, -0.2) is 5.01 Å². The summed E-state index contributed by atoms with van der Waals surface area (Å²) in [4.78, 5) is 15.9. The largest absolute Gasteiger partial charge is 0.497 e. The Kier molecular flexibility index (Phi) is 7.59. The Hall–Kier alpha value is -3.33. The molecule has 0 spiro atoms. The topological polar surface area (TPSA) is 46.8 Å². The molecule has 1 atom stereocenters. The number of rotatable bonds is 8. The molecule has 3 aromatic carbocycles. The van der Waals surface area contributed by atoms with Crippen LogP contribution in [0.5, 0.6) is 5.75 Å². The number of hydrogen-bond acceptors (Lipinski definition) is 5. The molecule has 0 fully saturated rings. The summed E-state index contributed by atoms with van der Waals surface area (Å²) >= 11 is 6.74. The maximum Gasteiger partial charge on any atom is 0.253 e. The van der Waals surface area contributed by atoms with E-state index in [0.717, 1.165) is 48.7 Å². The van der Waals surface area contributed by atoms with Crippen LogP contribution in [-0.2, 0) is 11.3 Å². The van der Waals surface area contributed by atoms with Gasteiger partial charge in [0.15, 0.2) is 0 Å². The van der Waals surface area contributed by atoms with Crippen LogP contribution in [0.1, 0.15) is 28.5 Å². The van der Waals surface area contributed by atoms with Crippen molar-refractivity contribution >= 4 is 61.6 Å². The van der Waals surface area contributed by atoms with Gasteiger partial charge < -0.3 is 9.30 Å². The number of aromatic nitrogens is 1. The Morgan fingerprint density at radius 2 is 1.85 bits per heavy atom. The molecule has 5 aromatic rings. The lowest BCUT2D eigenvalue weighted by Gasteiger charge is -2.22. The van der Waals surface area contributed by atoms with Crippen LogP contribution >= 0.6 is 39.0 Å². The second-order valence-corrected chi connectivity index (χ2v) is 12.2. The SMILES string of the molecule is COc1ccc([C@@H]2CC(c3cccs3)=NN2C(=O)CSc2cn(Cc3ccc(Br)cc3)c3ccccc23)cc1. The highest BCUT2D eigenvalue weighted by molar-refractivity contribution is 9.10. The van der Waals surface area contributed by atoms with E-state index >= 15 is 0 Å². The molecule has 0 radical (unpaired) electrons. The number of nitrogens with zero attached hydrogens (tertiary/aromatic N) is 3. The minimum atomic E-state index is -0.139. The van der Waals surface area contributed by atoms with Crippen LogP contribution < -0.4 is 4.74 Å². The van der Waals surface area contributed by atoms with E-state index in [4.69, 9.17) is 9.84 Å². The normalized spacial score (nSPS) is 15.1. The lowest BCUT2D eigenvalue weighted by atomic mass is 10.0. The van der Waals surface area contributed by atoms with Crippen molar-refractivity contribution in [3.63, 3.8) is 0 Å². The number of carbonyl (C=O) groups is 1. The van der Waals surface area contributed by atoms with Crippen LogP contribution in [0.25, 0.3) is 10.9 Å². The lowest BCUT2D eigenvalue weighted by Crippen LogP contribution is -2.28. The zero-order chi connectivity index (χ0) is 26.8. The summed E-state index contributed by atoms with van der Waals surface area (Å²) in [5, 5.41) is 9.72. The first-order valence-electron chi connectivity index (χ1n) is 12.6. The number of thiophene rings is 1. The fraction of sp³-hybridized carbons (Fsp3) is 0.161. The molecular formula is C31H26BrN3O2S2. The number of methoxy groups -OCH3 is 1. The first-order chi connectivity index (χ1) is 19.1. The summed E-state index contributed by atoms with van der Waals surface area (Å²) in [6.45, 7) is 0.766. The van der Waals surface area contributed by atoms with Gasteiger partial charge in [-0.3, -0.25) is 4.79 Å². The fourth-order valence-corrected chi connectivity index (χ4v) is 6.80. The third-order valence-electron chi connectivity index (χ3n) is 6.84. The summed E-state index contributed by atoms with van der Waals surface area (Å²) in [5.41, 5.74) is 4.39. The predicted octanol–water partition coefficient (Wildman–Crippen LogP) is 7.99. The van der Waals surface area contributed by atoms with Crippen LogP contribution in [0, 0.1) is 0 Å². The molecule has 0 N–H and O–H groups in total. The standard InChI is InChI=1S/C31H26BrN3O2S2/c1-37-24-14-10-22(11-15-24)28-17-26(29-7-4-16-38-29)33-35(28)31(36)20-39-30-19-34(27-6-3-2-5-25(27)30)18-21-8-12-23(32)13-9-21/h2-16,19,28H,17-18,20H2,1H3/t28-/m0/s1. The molecule has 196 valence electrons. The van der Waals surface area contributed by atoms with E-state index in [1.165, 1.54) is 5.56 Å². The molecule has 1 amide bonds. The average molecular weight is 617 g/mol. The van der Waals surface area contributed by atoms with Gasteiger partial charge in [0, 0.05) is 39.4 Å². The van der Waals surface area contributed by atoms with Crippen LogP contribution in [0.4, 0.5) is 0 Å². The summed E-state index contributed by atoms with van der Waals surface area (Å²) in [5.74, 6) is 1.10. The minimum Gasteiger partial charge on any atom is -0.497 e. The molecule has 1 aliphatic heterocycles. The smallest absolute Gasteiger partial charge is 0.253 e. The number of amides is 1. The van der Waals surface area contributed by atoms with Gasteiger partial charge >= 0.3 is 0 Å². The van der Waals surface area contributed by atoms with Crippen LogP contribution in [0.3, 0.4) is 0 Å². The van der Waals surface area contributed by atoms with E-state index in [9.17, 15) is 4.79 Å². The molecule has 8 heteroatoms. The number of thioether (sulfide) groups is 1. The van der Waals surface area contributed by atoms with Gasteiger partial charge in [-0.15, -0.1) is 23.1 Å². The van der Waals surface area contributed by atoms with Crippen LogP contribution in [-0.4, -0.2) is 34.1 Å². The third kappa shape index (κ3) is 5.55. The maximum atomic E-state index is 13.7. The number of hydrazone groups is 1. The van der Waals surface area contributed by atoms with Gasteiger partial charge in [0.25, 0.3) is 5.91 Å². The first kappa shape index (κ1) is 25.9. The van der Waals surface area contributed by atoms with E-state index in [-0.39, 0.29) is 11.9 Å². The highest BCUT2D eigenvalue weighted by Crippen LogP contribution is 2.36. The molecule has 5 nitrogen and oxygen atoms in total. The van der Waals surface area contributed by atoms with E-state index in [2.05, 4.69) is 81.3 Å². The van der Waals surface area contributed by atoms with Crippen molar-refractivity contribution in [2.45, 2.75) is 23.9 Å². The zero-order valence-corrected chi connectivity index (χ0v) is 24.5. The Labute approximate surface area is 244 Å². The average Bonchev–Trinajstić information content (AvgIpc) is 3.73. The third-order valence-corrected chi connectivity index (χ3v) is 9.32. The predicted molar refractivity (Wildman–Crippen MR) is 164 cm³/mol. The Morgan fingerprint density at radius 1 is 1.05 bits per heavy atom. The zero-order valence-electron chi connectivity index (χ0n) is 21.3. The van der Waals surface area contributed by atoms with Crippen molar-refractivity contribution in [1.82, 2.24) is 9.58 Å². The molecule has 6 rings (SSSR count). The van der Waals surface area contributed by atoms with Gasteiger partial charge in [-0.2, -0.15) is 5.10 Å². The van der Waals surface area contributed by atoms with Gasteiger partial charge in [0.1, 0.15) is 5.75 Å². The van der Waals surface area contributed by atoms with E-state index < -0.39 is 0 Å². The number of carbonyl (C=O) groups excluding carboxylic acids is 1. The van der Waals surface area contributed by atoms with Gasteiger partial charge in [0.2, 0.25) is 0 Å². The van der Waals surface area contributed by atoms with Crippen molar-refractivity contribution in [2.75, 3.05) is 12.9 Å². The number of halogens is 1. The molecule has 0 bridgehead atoms. The van der Waals surface area contributed by atoms with Gasteiger partial charge in [-0.05, 0) is 52.9 Å². The molecule has 0 unspecified atom stereocenters. The molecular weight excluding hydrogens is 590 g/mol. The second kappa shape index (κ2) is 11.4. The maximum absolute atomic E-state index is 13.7. The molecule has 0 saturated carbocycles. The summed E-state index contributed by atoms with van der Waals surface area (Å²) in [6, 6.07) is 28.7. The summed E-state index contributed by atoms with van der Waals surface area (Å²) in [6.07, 6.45) is 2.85. The molecule has 3 heterocycles. The molecule has 2 aromatic heterocycles. The van der Waals surface area contributed by atoms with Crippen molar-refractivity contribution in [3.8, 4) is 5.75 Å². The number of benzene rings is 3. The highest BCUT2D eigenvalue weighted by Gasteiger charge is 2.33. The number of hydrogen-bond donors (Lipinski definition) is 0. The second-order valence-electron chi connectivity index (χ2n) is 9.31. The first-order valence-corrected chi connectivity index (χ1v) is 15.3. The van der Waals surface area contributed by atoms with Crippen molar-refractivity contribution in [2.24, 2.45) is 5.10 Å². The van der Waals surface area contributed by atoms with Crippen LogP contribution in [0.2, 0.25) is 0 Å². The van der Waals surface area contributed by atoms with E-state index in [1.54, 1.807) is 35.2 Å². The Bertz CT molecular complexity index is 1630. The molecule has 0 saturated heterocycles. The number of para-hydroxylation sites is 1. The fourth-order valence-electron chi connectivity index (χ4n) is 4.87. The highest BCUT2D eigenvalue weighted by atomic mass is 79.9. The minimum absolute atomic E-state index is 0.00267. The molecule has 0 aliphatic carbocycles. The van der Waals surface area contributed by atoms with E-state index in [0.29, 0.717) is 12.2 Å². The van der Waals surface area contributed by atoms with Crippen molar-refractivity contribution < 1.29 is 9.53 Å². The summed E-state index contributed by atoms with van der Waals surface area (Å²) in [7, 11) is 1.66. The monoisotopic (exact) mass is 615 g/mol. The number of ether oxygens (including phenoxy) is 1. The van der Waals surface area contributed by atoms with Gasteiger partial charge in [-0.1, -0.05) is 64.5 Å². The quantitative estimate of drug-likeness (QED) is 0.166. The summed E-state index contributed by atoms with van der Waals surface area (Å²) < 4.78 is 8.66. The van der Waals surface area contributed by atoms with Crippen molar-refractivity contribution in [3.05, 3.63) is 117 Å². The lowest BCUT2D eigenvalue weighted by molar-refractivity contribution is -0.130. The molecule has 1 aliphatic rings.